The molecule has 8 heteroatoms. The Morgan fingerprint density at radius 3 is 2.66 bits per heavy atom. The van der Waals surface area contributed by atoms with E-state index in [9.17, 15) is 10.1 Å². The van der Waals surface area contributed by atoms with E-state index in [1.165, 1.54) is 12.1 Å². The third-order valence-electron chi connectivity index (χ3n) is 3.51. The number of carbonyl (C=O) groups excluding carboxylic acids is 1. The summed E-state index contributed by atoms with van der Waals surface area (Å²) >= 11 is 18.3. The molecule has 148 valence electrons. The number of terminal acetylenes is 1. The van der Waals surface area contributed by atoms with Gasteiger partial charge in [-0.3, -0.25) is 4.79 Å². The lowest BCUT2D eigenvalue weighted by atomic mass is 10.1. The normalized spacial score (nSPS) is 10.6. The van der Waals surface area contributed by atoms with E-state index in [4.69, 9.17) is 50.7 Å². The van der Waals surface area contributed by atoms with Crippen LogP contribution in [0.25, 0.3) is 6.08 Å². The topological polar surface area (TPSA) is 71.3 Å². The first-order valence-electron chi connectivity index (χ1n) is 8.31. The van der Waals surface area contributed by atoms with Gasteiger partial charge in [0.2, 0.25) is 0 Å². The van der Waals surface area contributed by atoms with E-state index in [2.05, 4.69) is 11.2 Å². The summed E-state index contributed by atoms with van der Waals surface area (Å²) in [6.45, 7) is 2.17. The molecule has 0 unspecified atom stereocenters. The Labute approximate surface area is 183 Å². The minimum atomic E-state index is -0.654. The summed E-state index contributed by atoms with van der Waals surface area (Å²) in [4.78, 5) is 12.5. The summed E-state index contributed by atoms with van der Waals surface area (Å²) in [5.41, 5.74) is 0.587. The average molecular weight is 450 g/mol. The summed E-state index contributed by atoms with van der Waals surface area (Å²) in [5.74, 6) is 2.33. The second-order valence-electron chi connectivity index (χ2n) is 5.48. The number of hydrogen-bond donors (Lipinski definition) is 1. The molecule has 0 saturated carbocycles. The van der Waals surface area contributed by atoms with Crippen molar-refractivity contribution in [3.05, 3.63) is 56.5 Å². The first-order chi connectivity index (χ1) is 13.9. The molecule has 0 atom stereocenters. The Balaban J connectivity index is 2.36. The summed E-state index contributed by atoms with van der Waals surface area (Å²) < 4.78 is 11.0. The molecule has 5 nitrogen and oxygen atoms in total. The number of amides is 1. The van der Waals surface area contributed by atoms with Gasteiger partial charge >= 0.3 is 0 Å². The minimum Gasteiger partial charge on any atom is -0.490 e. The summed E-state index contributed by atoms with van der Waals surface area (Å²) in [6.07, 6.45) is 6.58. The van der Waals surface area contributed by atoms with Gasteiger partial charge in [0.05, 0.1) is 27.4 Å². The number of ether oxygens (including phenoxy) is 2. The van der Waals surface area contributed by atoms with E-state index < -0.39 is 5.91 Å². The molecule has 0 saturated heterocycles. The van der Waals surface area contributed by atoms with Crippen LogP contribution in [-0.2, 0) is 4.79 Å². The molecule has 1 N–H and O–H groups in total. The maximum absolute atomic E-state index is 12.5. The molecule has 0 spiro atoms. The van der Waals surface area contributed by atoms with E-state index in [-0.39, 0.29) is 38.7 Å². The lowest BCUT2D eigenvalue weighted by Gasteiger charge is -2.13. The monoisotopic (exact) mass is 448 g/mol. The van der Waals surface area contributed by atoms with Crippen LogP contribution in [0.3, 0.4) is 0 Å². The van der Waals surface area contributed by atoms with Gasteiger partial charge in [0.15, 0.2) is 11.5 Å². The number of nitrogens with zero attached hydrogens (tertiary/aromatic N) is 1. The maximum Gasteiger partial charge on any atom is 0.266 e. The molecule has 2 aromatic rings. The Morgan fingerprint density at radius 1 is 1.24 bits per heavy atom. The Morgan fingerprint density at radius 2 is 2.00 bits per heavy atom. The highest BCUT2D eigenvalue weighted by molar-refractivity contribution is 6.44. The molecule has 0 bridgehead atoms. The van der Waals surface area contributed by atoms with E-state index in [0.717, 1.165) is 0 Å². The van der Waals surface area contributed by atoms with Gasteiger partial charge < -0.3 is 14.8 Å². The van der Waals surface area contributed by atoms with Crippen LogP contribution in [0.1, 0.15) is 12.5 Å². The molecule has 0 radical (unpaired) electrons. The number of nitrogens with one attached hydrogen (secondary N) is 1. The number of carbonyl (C=O) groups is 1. The van der Waals surface area contributed by atoms with Crippen molar-refractivity contribution in [1.29, 1.82) is 5.26 Å². The van der Waals surface area contributed by atoms with Crippen LogP contribution in [-0.4, -0.2) is 19.1 Å². The smallest absolute Gasteiger partial charge is 0.266 e. The van der Waals surface area contributed by atoms with E-state index in [1.807, 2.05) is 6.07 Å². The molecule has 0 fully saturated rings. The predicted molar refractivity (Wildman–Crippen MR) is 116 cm³/mol. The lowest BCUT2D eigenvalue weighted by molar-refractivity contribution is -0.112. The van der Waals surface area contributed by atoms with Crippen LogP contribution in [0, 0.1) is 23.7 Å². The predicted octanol–water partition coefficient (Wildman–Crippen LogP) is 5.60. The van der Waals surface area contributed by atoms with Gasteiger partial charge in [-0.25, -0.2) is 0 Å². The molecule has 0 aromatic heterocycles. The zero-order valence-electron chi connectivity index (χ0n) is 15.3. The number of hydrogen-bond acceptors (Lipinski definition) is 4. The summed E-state index contributed by atoms with van der Waals surface area (Å²) in [7, 11) is 0. The highest BCUT2D eigenvalue weighted by Crippen LogP contribution is 2.37. The summed E-state index contributed by atoms with van der Waals surface area (Å²) in [5, 5.41) is 12.7. The number of rotatable bonds is 7. The molecule has 0 heterocycles. The average Bonchev–Trinajstić information content (AvgIpc) is 2.69. The molecule has 0 aliphatic rings. The zero-order valence-corrected chi connectivity index (χ0v) is 17.5. The SMILES string of the molecule is C#CCOc1c(Cl)cc(/C=C(/C#N)C(=O)Nc2cccc(Cl)c2Cl)cc1OCC. The standard InChI is InChI=1S/C21H15Cl3N2O3/c1-3-8-29-20-16(23)10-13(11-18(20)28-4-2)9-14(12-25)21(27)26-17-7-5-6-15(22)19(17)24/h1,5-7,9-11H,4,8H2,2H3,(H,26,27)/b14-9-. The lowest BCUT2D eigenvalue weighted by Crippen LogP contribution is -2.13. The zero-order chi connectivity index (χ0) is 21.4. The van der Waals surface area contributed by atoms with Crippen molar-refractivity contribution in [2.24, 2.45) is 0 Å². The molecule has 2 rings (SSSR count). The van der Waals surface area contributed by atoms with Crippen molar-refractivity contribution < 1.29 is 14.3 Å². The first-order valence-corrected chi connectivity index (χ1v) is 9.44. The van der Waals surface area contributed by atoms with Crippen LogP contribution in [0.15, 0.2) is 35.9 Å². The maximum atomic E-state index is 12.5. The van der Waals surface area contributed by atoms with E-state index in [1.54, 1.807) is 31.2 Å². The number of halogens is 3. The Bertz CT molecular complexity index is 1040. The largest absolute Gasteiger partial charge is 0.490 e. The van der Waals surface area contributed by atoms with Crippen LogP contribution in [0.4, 0.5) is 5.69 Å². The van der Waals surface area contributed by atoms with Gasteiger partial charge in [0.25, 0.3) is 5.91 Å². The number of nitriles is 1. The Kier molecular flexibility index (Phi) is 8.24. The minimum absolute atomic E-state index is 0.0151. The summed E-state index contributed by atoms with van der Waals surface area (Å²) in [6, 6.07) is 9.77. The molecule has 2 aromatic carbocycles. The van der Waals surface area contributed by atoms with Crippen molar-refractivity contribution in [1.82, 2.24) is 0 Å². The molecule has 1 amide bonds. The van der Waals surface area contributed by atoms with Gasteiger partial charge in [-0.2, -0.15) is 5.26 Å². The van der Waals surface area contributed by atoms with E-state index >= 15 is 0 Å². The molecule has 29 heavy (non-hydrogen) atoms. The third kappa shape index (κ3) is 5.82. The van der Waals surface area contributed by atoms with Gasteiger partial charge in [0, 0.05) is 0 Å². The fraction of sp³-hybridized carbons (Fsp3) is 0.143. The van der Waals surface area contributed by atoms with Crippen molar-refractivity contribution in [3.8, 4) is 29.9 Å². The van der Waals surface area contributed by atoms with Crippen LogP contribution >= 0.6 is 34.8 Å². The fourth-order valence-electron chi connectivity index (χ4n) is 2.29. The quantitative estimate of drug-likeness (QED) is 0.339. The second-order valence-corrected chi connectivity index (χ2v) is 6.67. The highest BCUT2D eigenvalue weighted by Gasteiger charge is 2.15. The van der Waals surface area contributed by atoms with Gasteiger partial charge in [0.1, 0.15) is 18.2 Å². The second kappa shape index (κ2) is 10.6. The molecular formula is C21H15Cl3N2O3. The number of benzene rings is 2. The van der Waals surface area contributed by atoms with Crippen LogP contribution < -0.4 is 14.8 Å². The third-order valence-corrected chi connectivity index (χ3v) is 4.61. The van der Waals surface area contributed by atoms with Gasteiger partial charge in [-0.15, -0.1) is 6.42 Å². The fourth-order valence-corrected chi connectivity index (χ4v) is 2.91. The Hall–Kier alpha value is -2.83. The molecular weight excluding hydrogens is 435 g/mol. The van der Waals surface area contributed by atoms with Crippen molar-refractivity contribution in [2.75, 3.05) is 18.5 Å². The molecule has 0 aliphatic carbocycles. The first kappa shape index (κ1) is 22.5. The molecule has 0 aliphatic heterocycles. The van der Waals surface area contributed by atoms with Crippen LogP contribution in [0.2, 0.25) is 15.1 Å². The van der Waals surface area contributed by atoms with Crippen molar-refractivity contribution >= 4 is 52.5 Å². The van der Waals surface area contributed by atoms with Gasteiger partial charge in [-0.05, 0) is 42.8 Å². The number of anilines is 1. The van der Waals surface area contributed by atoms with Crippen molar-refractivity contribution in [2.45, 2.75) is 6.92 Å². The van der Waals surface area contributed by atoms with E-state index in [0.29, 0.717) is 17.9 Å². The van der Waals surface area contributed by atoms with Crippen LogP contribution in [0.5, 0.6) is 11.5 Å². The van der Waals surface area contributed by atoms with Gasteiger partial charge in [-0.1, -0.05) is 46.8 Å². The van der Waals surface area contributed by atoms with Crippen molar-refractivity contribution in [3.63, 3.8) is 0 Å². The highest BCUT2D eigenvalue weighted by atomic mass is 35.5.